The van der Waals surface area contributed by atoms with Crippen molar-refractivity contribution in [1.29, 1.82) is 0 Å². The van der Waals surface area contributed by atoms with E-state index in [1.165, 1.54) is 6.92 Å². The first kappa shape index (κ1) is 15.1. The molecular weight excluding hydrogens is 330 g/mol. The van der Waals surface area contributed by atoms with Gasteiger partial charge in [0.15, 0.2) is 0 Å². The Morgan fingerprint density at radius 2 is 1.90 bits per heavy atom. The molecule has 0 amide bonds. The van der Waals surface area contributed by atoms with Crippen LogP contribution in [0.2, 0.25) is 0 Å². The van der Waals surface area contributed by atoms with E-state index < -0.39 is 17.2 Å². The molecule has 20 heavy (non-hydrogen) atoms. The van der Waals surface area contributed by atoms with E-state index in [1.54, 1.807) is 10.9 Å². The molecule has 0 saturated carbocycles. The number of benzene rings is 1. The lowest BCUT2D eigenvalue weighted by Gasteiger charge is -2.26. The summed E-state index contributed by atoms with van der Waals surface area (Å²) in [4.78, 5) is 0. The quantitative estimate of drug-likeness (QED) is 0.920. The molecule has 1 unspecified atom stereocenters. The molecule has 0 aliphatic carbocycles. The van der Waals surface area contributed by atoms with Gasteiger partial charge in [-0.2, -0.15) is 5.10 Å². The molecule has 1 N–H and O–H groups in total. The Balaban J connectivity index is 2.56. The van der Waals surface area contributed by atoms with Crippen molar-refractivity contribution in [2.45, 2.75) is 32.4 Å². The zero-order valence-corrected chi connectivity index (χ0v) is 12.8. The number of aromatic nitrogens is 2. The highest BCUT2D eigenvalue weighted by Gasteiger charge is 2.32. The van der Waals surface area contributed by atoms with Crippen molar-refractivity contribution >= 4 is 15.9 Å². The zero-order chi connectivity index (χ0) is 14.9. The van der Waals surface area contributed by atoms with E-state index >= 15 is 0 Å². The summed E-state index contributed by atoms with van der Waals surface area (Å²) in [7, 11) is 0. The Bertz CT molecular complexity index is 605. The molecule has 0 radical (unpaired) electrons. The summed E-state index contributed by atoms with van der Waals surface area (Å²) in [5.41, 5.74) is -0.925. The summed E-state index contributed by atoms with van der Waals surface area (Å²) in [5, 5.41) is 14.9. The molecular formula is C14H15BrF2N2O. The van der Waals surface area contributed by atoms with Gasteiger partial charge in [0.25, 0.3) is 0 Å². The molecule has 0 bridgehead atoms. The third kappa shape index (κ3) is 2.76. The van der Waals surface area contributed by atoms with Gasteiger partial charge in [0.2, 0.25) is 0 Å². The van der Waals surface area contributed by atoms with Crippen molar-refractivity contribution in [3.8, 4) is 0 Å². The van der Waals surface area contributed by atoms with Crippen LogP contribution in [0.15, 0.2) is 28.9 Å². The minimum Gasteiger partial charge on any atom is -0.379 e. The lowest BCUT2D eigenvalue weighted by molar-refractivity contribution is 0.0898. The summed E-state index contributed by atoms with van der Waals surface area (Å²) in [6, 6.07) is 3.02. The maximum Gasteiger partial charge on any atom is 0.130 e. The van der Waals surface area contributed by atoms with Gasteiger partial charge in [0.1, 0.15) is 17.2 Å². The Labute approximate surface area is 124 Å². The molecule has 6 heteroatoms. The van der Waals surface area contributed by atoms with E-state index in [-0.39, 0.29) is 5.56 Å². The second-order valence-electron chi connectivity index (χ2n) is 4.79. The number of aryl methyl sites for hydroxylation is 1. The van der Waals surface area contributed by atoms with Crippen LogP contribution in [-0.2, 0) is 12.1 Å². The molecule has 108 valence electrons. The fraction of sp³-hybridized carbons (Fsp3) is 0.357. The van der Waals surface area contributed by atoms with Crippen LogP contribution in [0.4, 0.5) is 8.78 Å². The molecule has 3 nitrogen and oxygen atoms in total. The van der Waals surface area contributed by atoms with Crippen molar-refractivity contribution < 1.29 is 13.9 Å². The van der Waals surface area contributed by atoms with Crippen molar-refractivity contribution in [3.63, 3.8) is 0 Å². The monoisotopic (exact) mass is 344 g/mol. The van der Waals surface area contributed by atoms with Gasteiger partial charge in [-0.05, 0) is 47.0 Å². The van der Waals surface area contributed by atoms with Crippen molar-refractivity contribution in [2.75, 3.05) is 0 Å². The van der Waals surface area contributed by atoms with E-state index in [0.29, 0.717) is 16.7 Å². The van der Waals surface area contributed by atoms with Gasteiger partial charge in [-0.1, -0.05) is 6.92 Å². The molecule has 1 atom stereocenters. The lowest BCUT2D eigenvalue weighted by atomic mass is 9.92. The molecule has 0 saturated heterocycles. The van der Waals surface area contributed by atoms with Gasteiger partial charge in [0.05, 0.1) is 16.4 Å². The molecule has 0 fully saturated rings. The topological polar surface area (TPSA) is 38.0 Å². The largest absolute Gasteiger partial charge is 0.379 e. The molecule has 2 aromatic rings. The number of rotatable bonds is 4. The standard InChI is InChI=1S/C14H15BrF2N2O/c1-3-4-19-13(12(15)8-18-19)14(2,20)9-5-10(16)7-11(17)6-9/h5-8,20H,3-4H2,1-2H3. The number of halogens is 3. The summed E-state index contributed by atoms with van der Waals surface area (Å²) < 4.78 is 29.0. The predicted octanol–water partition coefficient (Wildman–Crippen LogP) is 3.59. The van der Waals surface area contributed by atoms with Crippen molar-refractivity contribution in [2.24, 2.45) is 0 Å². The van der Waals surface area contributed by atoms with Crippen molar-refractivity contribution in [3.05, 3.63) is 51.8 Å². The summed E-state index contributed by atoms with van der Waals surface area (Å²) in [6.45, 7) is 4.08. The summed E-state index contributed by atoms with van der Waals surface area (Å²) in [6.07, 6.45) is 2.39. The first-order valence-corrected chi connectivity index (χ1v) is 7.06. The van der Waals surface area contributed by atoms with E-state index in [0.717, 1.165) is 24.6 Å². The number of nitrogens with zero attached hydrogens (tertiary/aromatic N) is 2. The zero-order valence-electron chi connectivity index (χ0n) is 11.2. The number of aliphatic hydroxyl groups is 1. The third-order valence-electron chi connectivity index (χ3n) is 3.12. The van der Waals surface area contributed by atoms with Crippen LogP contribution in [0, 0.1) is 11.6 Å². The van der Waals surface area contributed by atoms with Gasteiger partial charge in [-0.25, -0.2) is 8.78 Å². The second-order valence-corrected chi connectivity index (χ2v) is 5.65. The van der Waals surface area contributed by atoms with Gasteiger partial charge in [-0.15, -0.1) is 0 Å². The van der Waals surface area contributed by atoms with Crippen LogP contribution < -0.4 is 0 Å². The summed E-state index contributed by atoms with van der Waals surface area (Å²) in [5.74, 6) is -1.45. The smallest absolute Gasteiger partial charge is 0.130 e. The molecule has 1 aromatic carbocycles. The normalized spacial score (nSPS) is 14.3. The summed E-state index contributed by atoms with van der Waals surface area (Å²) >= 11 is 3.33. The van der Waals surface area contributed by atoms with Crippen LogP contribution in [0.3, 0.4) is 0 Å². The van der Waals surface area contributed by atoms with Crippen LogP contribution in [0.5, 0.6) is 0 Å². The highest BCUT2D eigenvalue weighted by molar-refractivity contribution is 9.10. The van der Waals surface area contributed by atoms with Gasteiger partial charge in [-0.3, -0.25) is 4.68 Å². The fourth-order valence-electron chi connectivity index (χ4n) is 2.20. The Morgan fingerprint density at radius 3 is 2.45 bits per heavy atom. The van der Waals surface area contributed by atoms with Gasteiger partial charge < -0.3 is 5.11 Å². The second kappa shape index (κ2) is 5.61. The van der Waals surface area contributed by atoms with Crippen LogP contribution in [0.1, 0.15) is 31.5 Å². The minimum atomic E-state index is -1.55. The lowest BCUT2D eigenvalue weighted by Crippen LogP contribution is -2.28. The van der Waals surface area contributed by atoms with Crippen LogP contribution >= 0.6 is 15.9 Å². The molecule has 0 spiro atoms. The van der Waals surface area contributed by atoms with Gasteiger partial charge >= 0.3 is 0 Å². The molecule has 1 heterocycles. The number of hydrogen-bond donors (Lipinski definition) is 1. The molecule has 0 aliphatic rings. The first-order valence-electron chi connectivity index (χ1n) is 6.27. The first-order chi connectivity index (χ1) is 9.36. The average Bonchev–Trinajstić information content (AvgIpc) is 2.70. The van der Waals surface area contributed by atoms with E-state index in [1.807, 2.05) is 6.92 Å². The third-order valence-corrected chi connectivity index (χ3v) is 3.70. The highest BCUT2D eigenvalue weighted by atomic mass is 79.9. The van der Waals surface area contributed by atoms with Crippen LogP contribution in [0.25, 0.3) is 0 Å². The van der Waals surface area contributed by atoms with E-state index in [2.05, 4.69) is 21.0 Å². The number of hydrogen-bond acceptors (Lipinski definition) is 2. The molecule has 2 rings (SSSR count). The van der Waals surface area contributed by atoms with E-state index in [9.17, 15) is 13.9 Å². The van der Waals surface area contributed by atoms with Crippen LogP contribution in [-0.4, -0.2) is 14.9 Å². The minimum absolute atomic E-state index is 0.147. The van der Waals surface area contributed by atoms with Gasteiger partial charge in [0, 0.05) is 12.6 Å². The Morgan fingerprint density at radius 1 is 1.30 bits per heavy atom. The highest BCUT2D eigenvalue weighted by Crippen LogP contribution is 2.34. The Hall–Kier alpha value is -1.27. The molecule has 0 aliphatic heterocycles. The fourth-order valence-corrected chi connectivity index (χ4v) is 2.88. The SMILES string of the molecule is CCCn1ncc(Br)c1C(C)(O)c1cc(F)cc(F)c1. The predicted molar refractivity (Wildman–Crippen MR) is 75.2 cm³/mol. The molecule has 1 aromatic heterocycles. The maximum atomic E-state index is 13.4. The average molecular weight is 345 g/mol. The Kier molecular flexibility index (Phi) is 4.25. The maximum absolute atomic E-state index is 13.4. The van der Waals surface area contributed by atoms with Crippen molar-refractivity contribution in [1.82, 2.24) is 9.78 Å². The van der Waals surface area contributed by atoms with E-state index in [4.69, 9.17) is 0 Å².